The average Bonchev–Trinajstić information content (AvgIpc) is 3.03. The molecule has 0 fully saturated rings. The predicted octanol–water partition coefficient (Wildman–Crippen LogP) is 9.93. The second-order valence-corrected chi connectivity index (χ2v) is 14.5. The third-order valence-corrected chi connectivity index (χ3v) is 9.51. The molecular formula is C38H73NO6S. The average molecular weight is 672 g/mol. The molecule has 0 aliphatic rings. The molecular weight excluding hydrogens is 598 g/mol. The number of rotatable bonds is 33. The van der Waals surface area contributed by atoms with Crippen molar-refractivity contribution < 1.29 is 28.6 Å². The maximum Gasteiger partial charge on any atom is 0.311 e. The molecule has 8 heteroatoms. The second-order valence-electron chi connectivity index (χ2n) is 13.3. The summed E-state index contributed by atoms with van der Waals surface area (Å²) in [5.41, 5.74) is 0. The number of carbonyl (C=O) groups excluding carboxylic acids is 3. The van der Waals surface area contributed by atoms with Crippen molar-refractivity contribution in [3.63, 3.8) is 0 Å². The minimum absolute atomic E-state index is 0.0367. The van der Waals surface area contributed by atoms with Gasteiger partial charge >= 0.3 is 17.9 Å². The zero-order valence-corrected chi connectivity index (χ0v) is 31.7. The number of ether oxygens (including phenoxy) is 3. The van der Waals surface area contributed by atoms with E-state index in [2.05, 4.69) is 32.6 Å². The van der Waals surface area contributed by atoms with Crippen molar-refractivity contribution in [3.05, 3.63) is 0 Å². The summed E-state index contributed by atoms with van der Waals surface area (Å²) in [7, 11) is 3.99. The van der Waals surface area contributed by atoms with Gasteiger partial charge in [0.1, 0.15) is 12.2 Å². The lowest BCUT2D eigenvalue weighted by atomic mass is 10.1. The zero-order chi connectivity index (χ0) is 34.3. The first-order valence-electron chi connectivity index (χ1n) is 19.0. The molecule has 0 N–H and O–H groups in total. The minimum atomic E-state index is -0.133. The Morgan fingerprint density at radius 1 is 0.587 bits per heavy atom. The van der Waals surface area contributed by atoms with Gasteiger partial charge in [0.25, 0.3) is 0 Å². The van der Waals surface area contributed by atoms with Gasteiger partial charge in [0, 0.05) is 25.1 Å². The highest BCUT2D eigenvalue weighted by Crippen LogP contribution is 2.18. The van der Waals surface area contributed by atoms with E-state index in [0.717, 1.165) is 140 Å². The van der Waals surface area contributed by atoms with E-state index in [-0.39, 0.29) is 36.0 Å². The van der Waals surface area contributed by atoms with Crippen LogP contribution in [0.5, 0.6) is 0 Å². The molecule has 0 aromatic rings. The minimum Gasteiger partial charge on any atom is -0.465 e. The van der Waals surface area contributed by atoms with Gasteiger partial charge in [-0.1, -0.05) is 105 Å². The van der Waals surface area contributed by atoms with E-state index >= 15 is 0 Å². The molecule has 1 atom stereocenters. The van der Waals surface area contributed by atoms with Crippen LogP contribution in [-0.4, -0.2) is 73.8 Å². The first-order chi connectivity index (χ1) is 22.3. The van der Waals surface area contributed by atoms with Crippen molar-refractivity contribution in [2.45, 2.75) is 181 Å². The molecule has 272 valence electrons. The fraction of sp³-hybridized carbons (Fsp3) is 0.921. The van der Waals surface area contributed by atoms with E-state index < -0.39 is 0 Å². The highest BCUT2D eigenvalue weighted by atomic mass is 32.2. The number of carbonyl (C=O) groups is 3. The maximum absolute atomic E-state index is 12.8. The Hall–Kier alpha value is -1.28. The fourth-order valence-electron chi connectivity index (χ4n) is 5.45. The lowest BCUT2D eigenvalue weighted by molar-refractivity contribution is -0.151. The van der Waals surface area contributed by atoms with Crippen LogP contribution in [0.3, 0.4) is 0 Å². The Morgan fingerprint density at radius 2 is 1.02 bits per heavy atom. The standard InChI is InChI=1S/C38H73NO6S/c1-7-11-23-34(24-12-8-2)44-36(40)27-19-15-17-21-29-43-38(42)33(31-39(5)6)32-46-30-22-18-16-20-28-37(41)45-35(25-13-9-3)26-14-10-4/h33-35H,7-32H2,1-6H3. The SMILES string of the molecule is CCCCC(CCCC)OC(=O)CCCCCCOC(=O)C(CSCCCCCCC(=O)OC(CCCC)CCCC)CN(C)C. The largest absolute Gasteiger partial charge is 0.465 e. The third-order valence-electron chi connectivity index (χ3n) is 8.29. The van der Waals surface area contributed by atoms with E-state index in [4.69, 9.17) is 14.2 Å². The van der Waals surface area contributed by atoms with Crippen molar-refractivity contribution in [1.29, 1.82) is 0 Å². The molecule has 0 amide bonds. The Morgan fingerprint density at radius 3 is 1.46 bits per heavy atom. The summed E-state index contributed by atoms with van der Waals surface area (Å²) < 4.78 is 17.2. The summed E-state index contributed by atoms with van der Waals surface area (Å²) in [5.74, 6) is 1.43. The van der Waals surface area contributed by atoms with Crippen LogP contribution in [0.4, 0.5) is 0 Å². The van der Waals surface area contributed by atoms with E-state index in [1.807, 2.05) is 25.9 Å². The summed E-state index contributed by atoms with van der Waals surface area (Å²) in [6.45, 7) is 9.82. The molecule has 0 rings (SSSR count). The van der Waals surface area contributed by atoms with Crippen LogP contribution in [0.2, 0.25) is 0 Å². The number of thioether (sulfide) groups is 1. The molecule has 0 saturated heterocycles. The third kappa shape index (κ3) is 27.8. The predicted molar refractivity (Wildman–Crippen MR) is 194 cm³/mol. The number of esters is 3. The monoisotopic (exact) mass is 672 g/mol. The first kappa shape index (κ1) is 44.7. The van der Waals surface area contributed by atoms with E-state index in [1.165, 1.54) is 0 Å². The number of nitrogens with zero attached hydrogens (tertiary/aromatic N) is 1. The topological polar surface area (TPSA) is 82.1 Å². The molecule has 0 aliphatic heterocycles. The van der Waals surface area contributed by atoms with E-state index in [9.17, 15) is 14.4 Å². The molecule has 0 spiro atoms. The Bertz CT molecular complexity index is 718. The number of unbranched alkanes of at least 4 members (excludes halogenated alkanes) is 10. The number of hydrogen-bond donors (Lipinski definition) is 0. The van der Waals surface area contributed by atoms with E-state index in [1.54, 1.807) is 0 Å². The van der Waals surface area contributed by atoms with Gasteiger partial charge in [0.15, 0.2) is 0 Å². The molecule has 7 nitrogen and oxygen atoms in total. The normalized spacial score (nSPS) is 12.2. The van der Waals surface area contributed by atoms with Crippen LogP contribution in [0.1, 0.15) is 169 Å². The van der Waals surface area contributed by atoms with Gasteiger partial charge in [-0.05, 0) is 71.2 Å². The number of hydrogen-bond acceptors (Lipinski definition) is 8. The Labute approximate surface area is 288 Å². The molecule has 0 radical (unpaired) electrons. The van der Waals surface area contributed by atoms with E-state index in [0.29, 0.717) is 26.0 Å². The maximum atomic E-state index is 12.8. The molecule has 0 aromatic carbocycles. The molecule has 0 aromatic heterocycles. The molecule has 46 heavy (non-hydrogen) atoms. The summed E-state index contributed by atoms with van der Waals surface area (Å²) in [4.78, 5) is 39.4. The van der Waals surface area contributed by atoms with Gasteiger partial charge in [-0.15, -0.1) is 0 Å². The van der Waals surface area contributed by atoms with Crippen molar-refractivity contribution in [2.75, 3.05) is 38.8 Å². The lowest BCUT2D eigenvalue weighted by Crippen LogP contribution is -2.31. The summed E-state index contributed by atoms with van der Waals surface area (Å²) in [6.07, 6.45) is 21.7. The van der Waals surface area contributed by atoms with Gasteiger partial charge in [0.05, 0.1) is 12.5 Å². The van der Waals surface area contributed by atoms with Crippen molar-refractivity contribution >= 4 is 29.7 Å². The zero-order valence-electron chi connectivity index (χ0n) is 30.9. The van der Waals surface area contributed by atoms with Crippen molar-refractivity contribution in [2.24, 2.45) is 5.92 Å². The van der Waals surface area contributed by atoms with Gasteiger partial charge in [-0.25, -0.2) is 0 Å². The molecule has 0 saturated carbocycles. The van der Waals surface area contributed by atoms with Gasteiger partial charge in [-0.3, -0.25) is 14.4 Å². The molecule has 0 heterocycles. The van der Waals surface area contributed by atoms with Crippen LogP contribution in [0.15, 0.2) is 0 Å². The lowest BCUT2D eigenvalue weighted by Gasteiger charge is -2.19. The van der Waals surface area contributed by atoms with Crippen LogP contribution >= 0.6 is 11.8 Å². The smallest absolute Gasteiger partial charge is 0.311 e. The summed E-state index contributed by atoms with van der Waals surface area (Å²) in [5, 5.41) is 0. The Kier molecular flexibility index (Phi) is 31.4. The van der Waals surface area contributed by atoms with Gasteiger partial charge < -0.3 is 19.1 Å². The molecule has 0 aliphatic carbocycles. The van der Waals surface area contributed by atoms with Crippen LogP contribution in [0.25, 0.3) is 0 Å². The second kappa shape index (κ2) is 32.3. The van der Waals surface area contributed by atoms with Crippen molar-refractivity contribution in [3.8, 4) is 0 Å². The highest BCUT2D eigenvalue weighted by molar-refractivity contribution is 7.99. The summed E-state index contributed by atoms with van der Waals surface area (Å²) >= 11 is 1.82. The summed E-state index contributed by atoms with van der Waals surface area (Å²) in [6, 6.07) is 0. The quantitative estimate of drug-likeness (QED) is 0.0387. The fourth-order valence-corrected chi connectivity index (χ4v) is 6.55. The Balaban J connectivity index is 4.09. The molecule has 0 bridgehead atoms. The highest BCUT2D eigenvalue weighted by Gasteiger charge is 2.21. The first-order valence-corrected chi connectivity index (χ1v) is 20.2. The van der Waals surface area contributed by atoms with Gasteiger partial charge in [0.2, 0.25) is 0 Å². The van der Waals surface area contributed by atoms with Crippen molar-refractivity contribution in [1.82, 2.24) is 4.90 Å². The van der Waals surface area contributed by atoms with Crippen LogP contribution in [0, 0.1) is 5.92 Å². The van der Waals surface area contributed by atoms with Crippen LogP contribution in [-0.2, 0) is 28.6 Å². The molecule has 1 unspecified atom stereocenters. The van der Waals surface area contributed by atoms with Gasteiger partial charge in [-0.2, -0.15) is 11.8 Å². The van der Waals surface area contributed by atoms with Crippen LogP contribution < -0.4 is 0 Å².